The lowest BCUT2D eigenvalue weighted by atomic mass is 10.2. The Morgan fingerprint density at radius 1 is 1.32 bits per heavy atom. The molecule has 0 radical (unpaired) electrons. The molecule has 0 bridgehead atoms. The number of benzene rings is 1. The summed E-state index contributed by atoms with van der Waals surface area (Å²) in [5, 5.41) is 9.54. The second-order valence-corrected chi connectivity index (χ2v) is 4.00. The highest BCUT2D eigenvalue weighted by molar-refractivity contribution is 5.93. The molecule has 19 heavy (non-hydrogen) atoms. The van der Waals surface area contributed by atoms with Crippen LogP contribution in [0.2, 0.25) is 0 Å². The largest absolute Gasteiger partial charge is 0.507 e. The van der Waals surface area contributed by atoms with E-state index in [-0.39, 0.29) is 17.4 Å². The van der Waals surface area contributed by atoms with Gasteiger partial charge in [-0.15, -0.1) is 0 Å². The van der Waals surface area contributed by atoms with Crippen LogP contribution in [0.15, 0.2) is 18.2 Å². The Kier molecular flexibility index (Phi) is 5.17. The van der Waals surface area contributed by atoms with Crippen LogP contribution < -0.4 is 4.74 Å². The first kappa shape index (κ1) is 14.8. The number of carbonyl (C=O) groups is 2. The van der Waals surface area contributed by atoms with Crippen LogP contribution in [0.3, 0.4) is 0 Å². The van der Waals surface area contributed by atoms with Crippen molar-refractivity contribution in [3.63, 3.8) is 0 Å². The average molecular weight is 268 g/mol. The zero-order valence-electron chi connectivity index (χ0n) is 11.0. The fourth-order valence-electron chi connectivity index (χ4n) is 1.30. The fourth-order valence-corrected chi connectivity index (χ4v) is 1.30. The summed E-state index contributed by atoms with van der Waals surface area (Å²) in [7, 11) is 1.43. The van der Waals surface area contributed by atoms with Crippen molar-refractivity contribution >= 4 is 11.9 Å². The SMILES string of the molecule is COc1ccc(O)c(C(=O)OCC(=O)OC(C)C)c1. The first-order valence-corrected chi connectivity index (χ1v) is 5.67. The topological polar surface area (TPSA) is 82.1 Å². The third-order valence-electron chi connectivity index (χ3n) is 2.11. The first-order valence-electron chi connectivity index (χ1n) is 5.67. The molecule has 0 amide bonds. The maximum Gasteiger partial charge on any atom is 0.344 e. The molecule has 0 spiro atoms. The predicted molar refractivity (Wildman–Crippen MR) is 66.2 cm³/mol. The third-order valence-corrected chi connectivity index (χ3v) is 2.11. The summed E-state index contributed by atoms with van der Waals surface area (Å²) >= 11 is 0. The Balaban J connectivity index is 2.65. The molecule has 1 aromatic carbocycles. The molecule has 0 fully saturated rings. The van der Waals surface area contributed by atoms with Gasteiger partial charge in [0.1, 0.15) is 17.1 Å². The normalized spacial score (nSPS) is 10.1. The van der Waals surface area contributed by atoms with Gasteiger partial charge in [0.05, 0.1) is 13.2 Å². The summed E-state index contributed by atoms with van der Waals surface area (Å²) in [5.74, 6) is -1.32. The van der Waals surface area contributed by atoms with Crippen molar-refractivity contribution < 1.29 is 28.9 Å². The van der Waals surface area contributed by atoms with E-state index >= 15 is 0 Å². The second kappa shape index (κ2) is 6.63. The molecule has 0 atom stereocenters. The minimum absolute atomic E-state index is 0.0725. The van der Waals surface area contributed by atoms with Crippen molar-refractivity contribution in [3.05, 3.63) is 23.8 Å². The van der Waals surface area contributed by atoms with Crippen molar-refractivity contribution in [2.24, 2.45) is 0 Å². The van der Waals surface area contributed by atoms with E-state index in [9.17, 15) is 14.7 Å². The molecule has 6 heteroatoms. The number of rotatable bonds is 5. The van der Waals surface area contributed by atoms with Crippen LogP contribution in [0.5, 0.6) is 11.5 Å². The Bertz CT molecular complexity index is 466. The van der Waals surface area contributed by atoms with Crippen molar-refractivity contribution in [2.45, 2.75) is 20.0 Å². The zero-order valence-corrected chi connectivity index (χ0v) is 11.0. The van der Waals surface area contributed by atoms with Crippen LogP contribution in [-0.4, -0.2) is 36.9 Å². The van der Waals surface area contributed by atoms with Crippen LogP contribution in [0.25, 0.3) is 0 Å². The van der Waals surface area contributed by atoms with Crippen molar-refractivity contribution in [1.82, 2.24) is 0 Å². The van der Waals surface area contributed by atoms with Crippen LogP contribution in [0.1, 0.15) is 24.2 Å². The molecule has 0 unspecified atom stereocenters. The molecule has 0 saturated carbocycles. The van der Waals surface area contributed by atoms with Gasteiger partial charge in [0.2, 0.25) is 0 Å². The number of aromatic hydroxyl groups is 1. The average Bonchev–Trinajstić information content (AvgIpc) is 2.35. The van der Waals surface area contributed by atoms with Gasteiger partial charge in [-0.25, -0.2) is 9.59 Å². The van der Waals surface area contributed by atoms with Crippen molar-refractivity contribution in [1.29, 1.82) is 0 Å². The standard InChI is InChI=1S/C13H16O6/c1-8(2)19-12(15)7-18-13(16)10-6-9(17-3)4-5-11(10)14/h4-6,8,14H,7H2,1-3H3. The number of hydrogen-bond acceptors (Lipinski definition) is 6. The van der Waals surface area contributed by atoms with Gasteiger partial charge in [-0.05, 0) is 32.0 Å². The molecular formula is C13H16O6. The second-order valence-electron chi connectivity index (χ2n) is 4.00. The number of carbonyl (C=O) groups excluding carboxylic acids is 2. The highest BCUT2D eigenvalue weighted by Gasteiger charge is 2.16. The Hall–Kier alpha value is -2.24. The van der Waals surface area contributed by atoms with E-state index in [0.717, 1.165) is 0 Å². The lowest BCUT2D eigenvalue weighted by Gasteiger charge is -2.09. The molecule has 0 aliphatic heterocycles. The summed E-state index contributed by atoms with van der Waals surface area (Å²) in [6.07, 6.45) is -0.281. The Morgan fingerprint density at radius 3 is 2.58 bits per heavy atom. The lowest BCUT2D eigenvalue weighted by molar-refractivity contribution is -0.150. The van der Waals surface area contributed by atoms with Gasteiger partial charge in [0.15, 0.2) is 6.61 Å². The summed E-state index contributed by atoms with van der Waals surface area (Å²) in [5.41, 5.74) is -0.0725. The third kappa shape index (κ3) is 4.50. The van der Waals surface area contributed by atoms with Crippen molar-refractivity contribution in [2.75, 3.05) is 13.7 Å². The van der Waals surface area contributed by atoms with Crippen LogP contribution in [-0.2, 0) is 14.3 Å². The number of phenolic OH excluding ortho intramolecular Hbond substituents is 1. The van der Waals surface area contributed by atoms with E-state index in [1.54, 1.807) is 13.8 Å². The van der Waals surface area contributed by atoms with E-state index in [1.165, 1.54) is 25.3 Å². The Labute approximate surface area is 110 Å². The number of ether oxygens (including phenoxy) is 3. The molecule has 1 aromatic rings. The van der Waals surface area contributed by atoms with Gasteiger partial charge in [0, 0.05) is 0 Å². The summed E-state index contributed by atoms with van der Waals surface area (Å²) in [6.45, 7) is 2.87. The van der Waals surface area contributed by atoms with Crippen LogP contribution in [0, 0.1) is 0 Å². The molecule has 1 rings (SSSR count). The number of phenols is 1. The molecule has 0 heterocycles. The lowest BCUT2D eigenvalue weighted by Crippen LogP contribution is -2.19. The van der Waals surface area contributed by atoms with E-state index in [2.05, 4.69) is 0 Å². The molecule has 104 valence electrons. The summed E-state index contributed by atoms with van der Waals surface area (Å²) in [6, 6.07) is 4.13. The molecule has 0 saturated heterocycles. The maximum absolute atomic E-state index is 11.7. The predicted octanol–water partition coefficient (Wildman–Crippen LogP) is 1.51. The molecule has 1 N–H and O–H groups in total. The van der Waals surface area contributed by atoms with E-state index in [1.807, 2.05) is 0 Å². The molecule has 0 aliphatic carbocycles. The summed E-state index contributed by atoms with van der Waals surface area (Å²) in [4.78, 5) is 22.9. The maximum atomic E-state index is 11.7. The summed E-state index contributed by atoms with van der Waals surface area (Å²) < 4.78 is 14.5. The van der Waals surface area contributed by atoms with Crippen LogP contribution in [0.4, 0.5) is 0 Å². The van der Waals surface area contributed by atoms with Gasteiger partial charge < -0.3 is 19.3 Å². The fraction of sp³-hybridized carbons (Fsp3) is 0.385. The van der Waals surface area contributed by atoms with Gasteiger partial charge >= 0.3 is 11.9 Å². The minimum atomic E-state index is -0.822. The highest BCUT2D eigenvalue weighted by Crippen LogP contribution is 2.23. The zero-order chi connectivity index (χ0) is 14.4. The van der Waals surface area contributed by atoms with Gasteiger partial charge in [-0.3, -0.25) is 0 Å². The molecule has 0 aliphatic rings. The minimum Gasteiger partial charge on any atom is -0.507 e. The Morgan fingerprint density at radius 2 is 2.00 bits per heavy atom. The smallest absolute Gasteiger partial charge is 0.344 e. The number of methoxy groups -OCH3 is 1. The van der Waals surface area contributed by atoms with E-state index in [0.29, 0.717) is 5.75 Å². The molecule has 6 nitrogen and oxygen atoms in total. The first-order chi connectivity index (χ1) is 8.93. The van der Waals surface area contributed by atoms with Gasteiger partial charge in [0.25, 0.3) is 0 Å². The van der Waals surface area contributed by atoms with Crippen molar-refractivity contribution in [3.8, 4) is 11.5 Å². The quantitative estimate of drug-likeness (QED) is 0.815. The number of hydrogen-bond donors (Lipinski definition) is 1. The van der Waals surface area contributed by atoms with E-state index < -0.39 is 18.5 Å². The highest BCUT2D eigenvalue weighted by atomic mass is 16.6. The van der Waals surface area contributed by atoms with Gasteiger partial charge in [-0.2, -0.15) is 0 Å². The number of esters is 2. The van der Waals surface area contributed by atoms with Gasteiger partial charge in [-0.1, -0.05) is 0 Å². The monoisotopic (exact) mass is 268 g/mol. The molecule has 0 aromatic heterocycles. The molecular weight excluding hydrogens is 252 g/mol. The van der Waals surface area contributed by atoms with Crippen LogP contribution >= 0.6 is 0 Å². The van der Waals surface area contributed by atoms with E-state index in [4.69, 9.17) is 14.2 Å².